The molecule has 18 heavy (non-hydrogen) atoms. The molecule has 96 valence electrons. The van der Waals surface area contributed by atoms with Gasteiger partial charge in [-0.05, 0) is 19.1 Å². The second kappa shape index (κ2) is 6.22. The highest BCUT2D eigenvalue weighted by Gasteiger charge is 2.13. The second-order valence-corrected chi connectivity index (χ2v) is 4.34. The molecule has 0 saturated heterocycles. The maximum Gasteiger partial charge on any atom is 0.241 e. The zero-order valence-electron chi connectivity index (χ0n) is 10.6. The lowest BCUT2D eigenvalue weighted by Crippen LogP contribution is -2.37. The topological polar surface area (TPSA) is 60.2 Å². The first kappa shape index (κ1) is 14.3. The highest BCUT2D eigenvalue weighted by molar-refractivity contribution is 6.29. The molecule has 0 radical (unpaired) electrons. The predicted octanol–water partition coefficient (Wildman–Crippen LogP) is 1.52. The van der Waals surface area contributed by atoms with Gasteiger partial charge in [0.25, 0.3) is 0 Å². The third-order valence-electron chi connectivity index (χ3n) is 2.44. The van der Waals surface area contributed by atoms with Crippen LogP contribution in [0.5, 0.6) is 0 Å². The number of likely N-dealkylation sites (N-methyl/N-ethyl adjacent to an activating group) is 2. The number of nitriles is 1. The van der Waals surface area contributed by atoms with Gasteiger partial charge in [-0.2, -0.15) is 5.26 Å². The predicted molar refractivity (Wildman–Crippen MR) is 70.5 cm³/mol. The van der Waals surface area contributed by atoms with E-state index in [2.05, 4.69) is 4.98 Å². The second-order valence-electron chi connectivity index (χ2n) is 3.95. The molecule has 5 nitrogen and oxygen atoms in total. The highest BCUT2D eigenvalue weighted by atomic mass is 35.5. The Balaban J connectivity index is 2.99. The van der Waals surface area contributed by atoms with Gasteiger partial charge in [0.15, 0.2) is 0 Å². The van der Waals surface area contributed by atoms with Crippen molar-refractivity contribution in [1.29, 1.82) is 5.26 Å². The fourth-order valence-corrected chi connectivity index (χ4v) is 1.57. The Morgan fingerprint density at radius 2 is 2.17 bits per heavy atom. The molecule has 0 aliphatic heterocycles. The van der Waals surface area contributed by atoms with Crippen molar-refractivity contribution in [2.24, 2.45) is 0 Å². The van der Waals surface area contributed by atoms with Crippen LogP contribution in [0.3, 0.4) is 0 Å². The number of hydrogen-bond donors (Lipinski definition) is 0. The van der Waals surface area contributed by atoms with Gasteiger partial charge in [0, 0.05) is 20.6 Å². The number of pyridine rings is 1. The van der Waals surface area contributed by atoms with Crippen LogP contribution in [0.4, 0.5) is 5.82 Å². The van der Waals surface area contributed by atoms with E-state index < -0.39 is 0 Å². The van der Waals surface area contributed by atoms with Gasteiger partial charge in [0.05, 0.1) is 18.2 Å². The van der Waals surface area contributed by atoms with Crippen LogP contribution >= 0.6 is 11.6 Å². The van der Waals surface area contributed by atoms with Crippen molar-refractivity contribution in [3.8, 4) is 6.07 Å². The smallest absolute Gasteiger partial charge is 0.241 e. The highest BCUT2D eigenvalue weighted by Crippen LogP contribution is 2.17. The molecule has 1 amide bonds. The van der Waals surface area contributed by atoms with Gasteiger partial charge in [-0.15, -0.1) is 0 Å². The van der Waals surface area contributed by atoms with Crippen LogP contribution in [-0.4, -0.2) is 43.0 Å². The number of halogens is 1. The summed E-state index contributed by atoms with van der Waals surface area (Å²) in [6, 6.07) is 5.13. The van der Waals surface area contributed by atoms with Crippen LogP contribution in [0.2, 0.25) is 5.15 Å². The first-order chi connectivity index (χ1) is 8.47. The standard InChI is InChI=1S/C12H15ClN4O/c1-4-17(8-12(18)16(2)3)11-6-9(7-14)5-10(13)15-11/h5-6H,4,8H2,1-3H3. The van der Waals surface area contributed by atoms with E-state index in [4.69, 9.17) is 16.9 Å². The number of hydrogen-bond acceptors (Lipinski definition) is 4. The molecule has 0 fully saturated rings. The van der Waals surface area contributed by atoms with Crippen molar-refractivity contribution >= 4 is 23.3 Å². The van der Waals surface area contributed by atoms with Crippen molar-refractivity contribution < 1.29 is 4.79 Å². The van der Waals surface area contributed by atoms with Gasteiger partial charge >= 0.3 is 0 Å². The number of carbonyl (C=O) groups excluding carboxylic acids is 1. The van der Waals surface area contributed by atoms with Crippen LogP contribution in [-0.2, 0) is 4.79 Å². The Bertz CT molecular complexity index is 481. The van der Waals surface area contributed by atoms with E-state index in [1.807, 2.05) is 13.0 Å². The number of rotatable bonds is 4. The molecule has 0 aliphatic carbocycles. The first-order valence-electron chi connectivity index (χ1n) is 5.50. The van der Waals surface area contributed by atoms with Crippen molar-refractivity contribution in [1.82, 2.24) is 9.88 Å². The van der Waals surface area contributed by atoms with E-state index in [0.717, 1.165) is 0 Å². The maximum absolute atomic E-state index is 11.7. The minimum Gasteiger partial charge on any atom is -0.347 e. The summed E-state index contributed by atoms with van der Waals surface area (Å²) in [7, 11) is 3.39. The van der Waals surface area contributed by atoms with Gasteiger partial charge < -0.3 is 9.80 Å². The van der Waals surface area contributed by atoms with Crippen molar-refractivity contribution in [3.05, 3.63) is 22.8 Å². The minimum atomic E-state index is -0.0304. The largest absolute Gasteiger partial charge is 0.347 e. The van der Waals surface area contributed by atoms with E-state index in [1.54, 1.807) is 25.1 Å². The summed E-state index contributed by atoms with van der Waals surface area (Å²) in [5.74, 6) is 0.508. The van der Waals surface area contributed by atoms with Crippen LogP contribution in [0.25, 0.3) is 0 Å². The van der Waals surface area contributed by atoms with E-state index in [9.17, 15) is 4.79 Å². The normalized spacial score (nSPS) is 9.72. The van der Waals surface area contributed by atoms with Crippen LogP contribution in [0.15, 0.2) is 12.1 Å². The minimum absolute atomic E-state index is 0.0304. The van der Waals surface area contributed by atoms with E-state index in [-0.39, 0.29) is 17.6 Å². The molecule has 1 aromatic heterocycles. The summed E-state index contributed by atoms with van der Waals surface area (Å²) in [6.45, 7) is 2.73. The molecule has 6 heteroatoms. The molecule has 0 spiro atoms. The Hall–Kier alpha value is -1.80. The monoisotopic (exact) mass is 266 g/mol. The summed E-state index contributed by atoms with van der Waals surface area (Å²) < 4.78 is 0. The Kier molecular flexibility index (Phi) is 4.93. The third kappa shape index (κ3) is 3.60. The summed E-state index contributed by atoms with van der Waals surface area (Å²) in [5.41, 5.74) is 0.431. The fourth-order valence-electron chi connectivity index (χ4n) is 1.37. The van der Waals surface area contributed by atoms with Gasteiger partial charge in [-0.3, -0.25) is 4.79 Å². The molecule has 0 saturated carbocycles. The maximum atomic E-state index is 11.7. The van der Waals surface area contributed by atoms with E-state index in [1.165, 1.54) is 11.0 Å². The number of aromatic nitrogens is 1. The molecule has 0 N–H and O–H groups in total. The first-order valence-corrected chi connectivity index (χ1v) is 5.88. The molecular weight excluding hydrogens is 252 g/mol. The Morgan fingerprint density at radius 3 is 2.67 bits per heavy atom. The Morgan fingerprint density at radius 1 is 1.50 bits per heavy atom. The van der Waals surface area contributed by atoms with Crippen molar-refractivity contribution in [2.45, 2.75) is 6.92 Å². The number of carbonyl (C=O) groups is 1. The molecule has 0 atom stereocenters. The zero-order valence-corrected chi connectivity index (χ0v) is 11.4. The van der Waals surface area contributed by atoms with Crippen LogP contribution in [0, 0.1) is 11.3 Å². The molecule has 0 bridgehead atoms. The fraction of sp³-hybridized carbons (Fsp3) is 0.417. The SMILES string of the molecule is CCN(CC(=O)N(C)C)c1cc(C#N)cc(Cl)n1. The molecular formula is C12H15ClN4O. The zero-order chi connectivity index (χ0) is 13.7. The van der Waals surface area contributed by atoms with Gasteiger partial charge in [-0.1, -0.05) is 11.6 Å². The molecule has 0 aromatic carbocycles. The number of amides is 1. The third-order valence-corrected chi connectivity index (χ3v) is 2.63. The Labute approximate surface area is 112 Å². The number of nitrogens with zero attached hydrogens (tertiary/aromatic N) is 4. The molecule has 0 unspecified atom stereocenters. The lowest BCUT2D eigenvalue weighted by Gasteiger charge is -2.23. The molecule has 1 aromatic rings. The van der Waals surface area contributed by atoms with Crippen LogP contribution in [0.1, 0.15) is 12.5 Å². The number of anilines is 1. The lowest BCUT2D eigenvalue weighted by atomic mass is 10.2. The molecule has 0 aliphatic rings. The lowest BCUT2D eigenvalue weighted by molar-refractivity contribution is -0.127. The molecule has 1 heterocycles. The summed E-state index contributed by atoms with van der Waals surface area (Å²) in [5, 5.41) is 9.13. The van der Waals surface area contributed by atoms with Crippen molar-refractivity contribution in [2.75, 3.05) is 32.1 Å². The quantitative estimate of drug-likeness (QED) is 0.776. The summed E-state index contributed by atoms with van der Waals surface area (Å²) in [4.78, 5) is 19.1. The van der Waals surface area contributed by atoms with Gasteiger partial charge in [0.2, 0.25) is 5.91 Å². The van der Waals surface area contributed by atoms with Crippen molar-refractivity contribution in [3.63, 3.8) is 0 Å². The average Bonchev–Trinajstić information content (AvgIpc) is 2.34. The van der Waals surface area contributed by atoms with Crippen LogP contribution < -0.4 is 4.90 Å². The van der Waals surface area contributed by atoms with E-state index >= 15 is 0 Å². The molecule has 1 rings (SSSR count). The average molecular weight is 267 g/mol. The van der Waals surface area contributed by atoms with Gasteiger partial charge in [-0.25, -0.2) is 4.98 Å². The summed E-state index contributed by atoms with van der Waals surface area (Å²) in [6.07, 6.45) is 0. The van der Waals surface area contributed by atoms with E-state index in [0.29, 0.717) is 17.9 Å². The van der Waals surface area contributed by atoms with Gasteiger partial charge in [0.1, 0.15) is 11.0 Å². The summed E-state index contributed by atoms with van der Waals surface area (Å²) >= 11 is 5.84.